The Labute approximate surface area is 112 Å². The summed E-state index contributed by atoms with van der Waals surface area (Å²) in [6, 6.07) is 1.50. The van der Waals surface area contributed by atoms with Crippen LogP contribution in [0.5, 0.6) is 0 Å². The number of nitrogens with one attached hydrogen (secondary N) is 1. The number of hydrogen-bond donors (Lipinski definition) is 2. The van der Waals surface area contributed by atoms with Crippen molar-refractivity contribution in [1.29, 1.82) is 0 Å². The van der Waals surface area contributed by atoms with Gasteiger partial charge in [0.25, 0.3) is 5.91 Å². The second-order valence-corrected chi connectivity index (χ2v) is 4.86. The Morgan fingerprint density at radius 2 is 2.16 bits per heavy atom. The lowest BCUT2D eigenvalue weighted by atomic mass is 10.1. The van der Waals surface area contributed by atoms with E-state index in [2.05, 4.69) is 10.3 Å². The van der Waals surface area contributed by atoms with Crippen molar-refractivity contribution in [1.82, 2.24) is 4.98 Å². The fraction of sp³-hybridized carbons (Fsp3) is 0.167. The first-order valence-electron chi connectivity index (χ1n) is 5.43. The average Bonchev–Trinajstić information content (AvgIpc) is 2.85. The first kappa shape index (κ1) is 13.4. The maximum Gasteiger partial charge on any atom is 0.251 e. The molecule has 1 aromatic heterocycles. The Bertz CT molecular complexity index is 601. The van der Waals surface area contributed by atoms with Crippen LogP contribution in [-0.4, -0.2) is 10.9 Å². The number of carbonyl (C=O) groups is 1. The largest absolute Gasteiger partial charge is 0.375 e. The fourth-order valence-electron chi connectivity index (χ4n) is 1.59. The van der Waals surface area contributed by atoms with Crippen molar-refractivity contribution in [3.05, 3.63) is 45.9 Å². The highest BCUT2D eigenvalue weighted by molar-refractivity contribution is 7.09. The van der Waals surface area contributed by atoms with Gasteiger partial charge in [-0.1, -0.05) is 0 Å². The number of halogens is 2. The average molecular weight is 283 g/mol. The molecule has 0 fully saturated rings. The third-order valence-corrected chi connectivity index (χ3v) is 3.53. The molecule has 100 valence electrons. The molecule has 1 aromatic carbocycles. The summed E-state index contributed by atoms with van der Waals surface area (Å²) in [6.45, 7) is 1.81. The van der Waals surface area contributed by atoms with E-state index in [0.717, 1.165) is 10.9 Å². The van der Waals surface area contributed by atoms with Gasteiger partial charge in [0.1, 0.15) is 11.6 Å². The molecule has 0 spiro atoms. The van der Waals surface area contributed by atoms with E-state index >= 15 is 0 Å². The standard InChI is InChI=1S/C12H11F2N3OS/c1-6(11-4-16-5-19-11)17-10-2-7(12(15)18)8(13)3-9(10)14/h2-6,17H,1H3,(H2,15,18). The van der Waals surface area contributed by atoms with Gasteiger partial charge in [0.15, 0.2) is 0 Å². The van der Waals surface area contributed by atoms with Crippen LogP contribution >= 0.6 is 11.3 Å². The minimum atomic E-state index is -0.971. The molecule has 3 N–H and O–H groups in total. The van der Waals surface area contributed by atoms with Crippen LogP contribution in [0.3, 0.4) is 0 Å². The lowest BCUT2D eigenvalue weighted by molar-refractivity contribution is 0.0996. The molecule has 0 aliphatic heterocycles. The molecule has 2 rings (SSSR count). The maximum absolute atomic E-state index is 13.6. The molecule has 1 amide bonds. The Balaban J connectivity index is 2.30. The summed E-state index contributed by atoms with van der Waals surface area (Å²) in [7, 11) is 0. The van der Waals surface area contributed by atoms with E-state index in [9.17, 15) is 13.6 Å². The van der Waals surface area contributed by atoms with Crippen molar-refractivity contribution < 1.29 is 13.6 Å². The van der Waals surface area contributed by atoms with Gasteiger partial charge in [-0.2, -0.15) is 0 Å². The summed E-state index contributed by atoms with van der Waals surface area (Å²) < 4.78 is 26.9. The predicted molar refractivity (Wildman–Crippen MR) is 69.0 cm³/mol. The minimum Gasteiger partial charge on any atom is -0.375 e. The Morgan fingerprint density at radius 1 is 1.42 bits per heavy atom. The highest BCUT2D eigenvalue weighted by atomic mass is 32.1. The number of amides is 1. The van der Waals surface area contributed by atoms with Crippen molar-refractivity contribution in [2.75, 3.05) is 5.32 Å². The van der Waals surface area contributed by atoms with Crippen LogP contribution in [0.2, 0.25) is 0 Å². The van der Waals surface area contributed by atoms with Gasteiger partial charge in [-0.25, -0.2) is 8.78 Å². The highest BCUT2D eigenvalue weighted by Crippen LogP contribution is 2.25. The highest BCUT2D eigenvalue weighted by Gasteiger charge is 2.16. The third-order valence-electron chi connectivity index (χ3n) is 2.57. The van der Waals surface area contributed by atoms with E-state index in [0.29, 0.717) is 6.07 Å². The van der Waals surface area contributed by atoms with Gasteiger partial charge in [-0.3, -0.25) is 9.78 Å². The number of nitrogens with zero attached hydrogens (tertiary/aromatic N) is 1. The quantitative estimate of drug-likeness (QED) is 0.906. The summed E-state index contributed by atoms with van der Waals surface area (Å²) in [5.74, 6) is -2.69. The number of thiazole rings is 1. The summed E-state index contributed by atoms with van der Waals surface area (Å²) in [4.78, 5) is 15.8. The van der Waals surface area contributed by atoms with Gasteiger partial charge < -0.3 is 11.1 Å². The molecular weight excluding hydrogens is 272 g/mol. The maximum atomic E-state index is 13.6. The van der Waals surface area contributed by atoms with E-state index < -0.39 is 17.5 Å². The second kappa shape index (κ2) is 5.31. The summed E-state index contributed by atoms with van der Waals surface area (Å²) in [5, 5.41) is 2.86. The van der Waals surface area contributed by atoms with Crippen LogP contribution in [0.4, 0.5) is 14.5 Å². The van der Waals surface area contributed by atoms with Crippen molar-refractivity contribution in [3.63, 3.8) is 0 Å². The topological polar surface area (TPSA) is 68.0 Å². The predicted octanol–water partition coefficient (Wildman–Crippen LogP) is 2.69. The van der Waals surface area contributed by atoms with E-state index in [1.807, 2.05) is 0 Å². The summed E-state index contributed by atoms with van der Waals surface area (Å²) >= 11 is 1.41. The van der Waals surface area contributed by atoms with E-state index in [1.165, 1.54) is 11.3 Å². The molecule has 0 aliphatic carbocycles. The molecular formula is C12H11F2N3OS. The third kappa shape index (κ3) is 2.87. The van der Waals surface area contributed by atoms with E-state index in [4.69, 9.17) is 5.73 Å². The van der Waals surface area contributed by atoms with Crippen molar-refractivity contribution in [3.8, 4) is 0 Å². The number of carbonyl (C=O) groups excluding carboxylic acids is 1. The monoisotopic (exact) mass is 283 g/mol. The minimum absolute atomic E-state index is 0.0242. The van der Waals surface area contributed by atoms with Crippen molar-refractivity contribution >= 4 is 22.9 Å². The first-order chi connectivity index (χ1) is 8.99. The second-order valence-electron chi connectivity index (χ2n) is 3.95. The van der Waals surface area contributed by atoms with Gasteiger partial charge in [0.2, 0.25) is 0 Å². The first-order valence-corrected chi connectivity index (χ1v) is 6.30. The molecule has 0 saturated heterocycles. The number of benzene rings is 1. The molecule has 1 unspecified atom stereocenters. The number of nitrogens with two attached hydrogens (primary N) is 1. The molecule has 1 atom stereocenters. The molecule has 0 radical (unpaired) electrons. The molecule has 19 heavy (non-hydrogen) atoms. The SMILES string of the molecule is CC(Nc1cc(C(N)=O)c(F)cc1F)c1cncs1. The Kier molecular flexibility index (Phi) is 3.75. The van der Waals surface area contributed by atoms with Crippen LogP contribution in [0, 0.1) is 11.6 Å². The molecule has 0 saturated carbocycles. The number of hydrogen-bond acceptors (Lipinski definition) is 4. The Morgan fingerprint density at radius 3 is 2.74 bits per heavy atom. The molecule has 0 bridgehead atoms. The van der Waals surface area contributed by atoms with Crippen LogP contribution < -0.4 is 11.1 Å². The molecule has 0 aliphatic rings. The molecule has 7 heteroatoms. The van der Waals surface area contributed by atoms with Gasteiger partial charge >= 0.3 is 0 Å². The zero-order valence-corrected chi connectivity index (χ0v) is 10.8. The summed E-state index contributed by atoms with van der Waals surface area (Å²) in [5.41, 5.74) is 6.36. The lowest BCUT2D eigenvalue weighted by Gasteiger charge is -2.14. The van der Waals surface area contributed by atoms with Gasteiger partial charge in [-0.15, -0.1) is 11.3 Å². The number of aromatic nitrogens is 1. The van der Waals surface area contributed by atoms with Crippen molar-refractivity contribution in [2.24, 2.45) is 5.73 Å². The van der Waals surface area contributed by atoms with Gasteiger partial charge in [0, 0.05) is 17.1 Å². The molecule has 4 nitrogen and oxygen atoms in total. The van der Waals surface area contributed by atoms with Crippen LogP contribution in [0.15, 0.2) is 23.8 Å². The normalized spacial score (nSPS) is 12.2. The number of primary amides is 1. The molecule has 1 heterocycles. The van der Waals surface area contributed by atoms with E-state index in [1.54, 1.807) is 18.6 Å². The van der Waals surface area contributed by atoms with Crippen LogP contribution in [0.25, 0.3) is 0 Å². The lowest BCUT2D eigenvalue weighted by Crippen LogP contribution is -2.15. The van der Waals surface area contributed by atoms with Crippen LogP contribution in [0.1, 0.15) is 28.2 Å². The van der Waals surface area contributed by atoms with E-state index in [-0.39, 0.29) is 17.3 Å². The van der Waals surface area contributed by atoms with Crippen molar-refractivity contribution in [2.45, 2.75) is 13.0 Å². The fourth-order valence-corrected chi connectivity index (χ4v) is 2.22. The van der Waals surface area contributed by atoms with Gasteiger partial charge in [0.05, 0.1) is 22.8 Å². The zero-order chi connectivity index (χ0) is 14.0. The number of anilines is 1. The van der Waals surface area contributed by atoms with Gasteiger partial charge in [-0.05, 0) is 13.0 Å². The smallest absolute Gasteiger partial charge is 0.251 e. The Hall–Kier alpha value is -2.02. The number of rotatable bonds is 4. The molecule has 2 aromatic rings. The summed E-state index contributed by atoms with van der Waals surface area (Å²) in [6.07, 6.45) is 1.65. The zero-order valence-electron chi connectivity index (χ0n) is 9.98. The van der Waals surface area contributed by atoms with Crippen LogP contribution in [-0.2, 0) is 0 Å².